The number of aromatic nitrogens is 4. The van der Waals surface area contributed by atoms with Crippen LogP contribution in [0.3, 0.4) is 0 Å². The number of fused-ring (bicyclic) bond motifs is 1. The molecule has 3 aromatic rings. The molecule has 2 aromatic heterocycles. The van der Waals surface area contributed by atoms with Crippen LogP contribution in [0.5, 0.6) is 5.75 Å². The maximum absolute atomic E-state index is 12.6. The van der Waals surface area contributed by atoms with E-state index in [9.17, 15) is 22.8 Å². The van der Waals surface area contributed by atoms with Crippen LogP contribution in [0.4, 0.5) is 18.0 Å². The van der Waals surface area contributed by atoms with E-state index in [1.807, 2.05) is 0 Å². The molecule has 0 atom stereocenters. The second kappa shape index (κ2) is 7.57. The fourth-order valence-electron chi connectivity index (χ4n) is 2.64. The van der Waals surface area contributed by atoms with Crippen LogP contribution in [-0.2, 0) is 19.6 Å². The number of carbonyl (C=O) groups is 1. The highest BCUT2D eigenvalue weighted by Crippen LogP contribution is 2.30. The molecule has 1 aromatic carbocycles. The van der Waals surface area contributed by atoms with Gasteiger partial charge in [-0.15, -0.1) is 0 Å². The first-order chi connectivity index (χ1) is 13.6. The summed E-state index contributed by atoms with van der Waals surface area (Å²) in [6.07, 6.45) is -2.73. The van der Waals surface area contributed by atoms with Crippen molar-refractivity contribution < 1.29 is 22.7 Å². The summed E-state index contributed by atoms with van der Waals surface area (Å²) in [6, 6.07) is 3.81. The number of carbonyl (C=O) groups excluding carboxylic acids is 1. The summed E-state index contributed by atoms with van der Waals surface area (Å²) in [5, 5.41) is 0. The molecule has 0 N–H and O–H groups in total. The monoisotopic (exact) mass is 409 g/mol. The van der Waals surface area contributed by atoms with Crippen LogP contribution in [0.15, 0.2) is 35.3 Å². The molecule has 0 saturated heterocycles. The fourth-order valence-corrected chi connectivity index (χ4v) is 2.64. The molecule has 11 heteroatoms. The fraction of sp³-hybridized carbons (Fsp3) is 0.333. The highest BCUT2D eigenvalue weighted by molar-refractivity contribution is 5.86. The Morgan fingerprint density at radius 1 is 1.21 bits per heavy atom. The van der Waals surface area contributed by atoms with Crippen molar-refractivity contribution in [1.29, 1.82) is 0 Å². The Bertz CT molecular complexity index is 1100. The molecule has 8 nitrogen and oxygen atoms in total. The topological polar surface area (TPSA) is 82.2 Å². The average Bonchev–Trinajstić information content (AvgIpc) is 2.91. The number of benzene rings is 1. The Morgan fingerprint density at radius 3 is 2.45 bits per heavy atom. The van der Waals surface area contributed by atoms with E-state index >= 15 is 0 Å². The van der Waals surface area contributed by atoms with E-state index < -0.39 is 23.5 Å². The number of amides is 1. The number of alkyl halides is 3. The van der Waals surface area contributed by atoms with Gasteiger partial charge >= 0.3 is 17.9 Å². The number of rotatable bonds is 4. The Kier molecular flexibility index (Phi) is 5.31. The molecular formula is C18H18F3N5O3. The summed E-state index contributed by atoms with van der Waals surface area (Å²) in [5.41, 5.74) is -0.717. The van der Waals surface area contributed by atoms with E-state index in [1.165, 1.54) is 48.9 Å². The van der Waals surface area contributed by atoms with Crippen molar-refractivity contribution in [3.8, 4) is 5.75 Å². The molecule has 1 amide bonds. The SMILES string of the molecule is CN(C)C(=O)n1c(=O)n(C)c2cnc(CCOc3ccc(C(F)(F)F)cc3)nc21. The molecule has 3 rings (SSSR count). The zero-order valence-corrected chi connectivity index (χ0v) is 15.9. The first-order valence-electron chi connectivity index (χ1n) is 8.54. The van der Waals surface area contributed by atoms with Crippen molar-refractivity contribution in [1.82, 2.24) is 24.0 Å². The molecule has 0 unspecified atom stereocenters. The molecule has 2 heterocycles. The lowest BCUT2D eigenvalue weighted by atomic mass is 10.2. The van der Waals surface area contributed by atoms with E-state index in [4.69, 9.17) is 4.74 Å². The van der Waals surface area contributed by atoms with E-state index in [0.29, 0.717) is 11.3 Å². The standard InChI is InChI=1S/C18H18F3N5O3/c1-24(2)16(27)26-15-13(25(3)17(26)28)10-22-14(23-15)8-9-29-12-6-4-11(5-7-12)18(19,20)21/h4-7,10H,8-9H2,1-3H3. The summed E-state index contributed by atoms with van der Waals surface area (Å²) < 4.78 is 45.4. The lowest BCUT2D eigenvalue weighted by molar-refractivity contribution is -0.137. The third-order valence-corrected chi connectivity index (χ3v) is 4.20. The van der Waals surface area contributed by atoms with Crippen LogP contribution < -0.4 is 10.4 Å². The molecule has 0 aliphatic carbocycles. The number of ether oxygens (including phenoxy) is 1. The molecule has 0 saturated carbocycles. The summed E-state index contributed by atoms with van der Waals surface area (Å²) in [7, 11) is 4.56. The van der Waals surface area contributed by atoms with Crippen molar-refractivity contribution in [3.05, 3.63) is 52.3 Å². The molecule has 154 valence electrons. The first kappa shape index (κ1) is 20.4. The van der Waals surface area contributed by atoms with Crippen molar-refractivity contribution in [3.63, 3.8) is 0 Å². The number of hydrogen-bond donors (Lipinski definition) is 0. The van der Waals surface area contributed by atoms with Gasteiger partial charge < -0.3 is 9.64 Å². The quantitative estimate of drug-likeness (QED) is 0.661. The Labute approximate surface area is 163 Å². The number of nitrogens with zero attached hydrogens (tertiary/aromatic N) is 5. The summed E-state index contributed by atoms with van der Waals surface area (Å²) in [4.78, 5) is 34.4. The van der Waals surface area contributed by atoms with Crippen LogP contribution in [-0.4, -0.2) is 50.7 Å². The van der Waals surface area contributed by atoms with Gasteiger partial charge in [-0.25, -0.2) is 19.6 Å². The number of hydrogen-bond acceptors (Lipinski definition) is 5. The van der Waals surface area contributed by atoms with Gasteiger partial charge in [0, 0.05) is 27.6 Å². The predicted molar refractivity (Wildman–Crippen MR) is 97.9 cm³/mol. The normalized spacial score (nSPS) is 11.7. The van der Waals surface area contributed by atoms with Crippen LogP contribution in [0, 0.1) is 0 Å². The van der Waals surface area contributed by atoms with Gasteiger partial charge in [-0.05, 0) is 24.3 Å². The average molecular weight is 409 g/mol. The van der Waals surface area contributed by atoms with Crippen molar-refractivity contribution in [2.45, 2.75) is 12.6 Å². The van der Waals surface area contributed by atoms with Crippen LogP contribution in [0.2, 0.25) is 0 Å². The molecule has 0 bridgehead atoms. The molecule has 0 aliphatic heterocycles. The molecular weight excluding hydrogens is 391 g/mol. The molecule has 29 heavy (non-hydrogen) atoms. The van der Waals surface area contributed by atoms with Crippen LogP contribution >= 0.6 is 0 Å². The van der Waals surface area contributed by atoms with Gasteiger partial charge in [-0.3, -0.25) is 4.57 Å². The third kappa shape index (κ3) is 4.08. The van der Waals surface area contributed by atoms with Gasteiger partial charge in [0.2, 0.25) is 0 Å². The summed E-state index contributed by atoms with van der Waals surface area (Å²) in [5.74, 6) is 0.605. The van der Waals surface area contributed by atoms with Crippen LogP contribution in [0.1, 0.15) is 11.4 Å². The van der Waals surface area contributed by atoms with Gasteiger partial charge in [0.15, 0.2) is 5.65 Å². The number of imidazole rings is 1. The Hall–Kier alpha value is -3.37. The largest absolute Gasteiger partial charge is 0.493 e. The minimum Gasteiger partial charge on any atom is -0.493 e. The summed E-state index contributed by atoms with van der Waals surface area (Å²) in [6.45, 7) is 0.107. The Morgan fingerprint density at radius 2 is 1.86 bits per heavy atom. The van der Waals surface area contributed by atoms with Gasteiger partial charge in [-0.1, -0.05) is 0 Å². The highest BCUT2D eigenvalue weighted by Gasteiger charge is 2.30. The summed E-state index contributed by atoms with van der Waals surface area (Å²) >= 11 is 0. The van der Waals surface area contributed by atoms with Gasteiger partial charge in [0.05, 0.1) is 18.4 Å². The van der Waals surface area contributed by atoms with E-state index in [2.05, 4.69) is 9.97 Å². The van der Waals surface area contributed by atoms with Crippen LogP contribution in [0.25, 0.3) is 11.2 Å². The lowest BCUT2D eigenvalue weighted by Crippen LogP contribution is -2.35. The maximum atomic E-state index is 12.6. The third-order valence-electron chi connectivity index (χ3n) is 4.20. The van der Waals surface area contributed by atoms with Gasteiger partial charge in [-0.2, -0.15) is 17.7 Å². The van der Waals surface area contributed by atoms with Crippen molar-refractivity contribution in [2.24, 2.45) is 7.05 Å². The second-order valence-corrected chi connectivity index (χ2v) is 6.47. The molecule has 0 aliphatic rings. The van der Waals surface area contributed by atoms with E-state index in [1.54, 1.807) is 0 Å². The Balaban J connectivity index is 1.76. The molecule has 0 radical (unpaired) electrons. The first-order valence-corrected chi connectivity index (χ1v) is 8.54. The van der Waals surface area contributed by atoms with E-state index in [-0.39, 0.29) is 24.4 Å². The van der Waals surface area contributed by atoms with Crippen molar-refractivity contribution in [2.75, 3.05) is 20.7 Å². The number of halogens is 3. The zero-order valence-electron chi connectivity index (χ0n) is 15.9. The van der Waals surface area contributed by atoms with Gasteiger partial charge in [0.1, 0.15) is 17.1 Å². The lowest BCUT2D eigenvalue weighted by Gasteiger charge is -2.10. The smallest absolute Gasteiger partial charge is 0.416 e. The highest BCUT2D eigenvalue weighted by atomic mass is 19.4. The number of aryl methyl sites for hydroxylation is 1. The second-order valence-electron chi connectivity index (χ2n) is 6.47. The van der Waals surface area contributed by atoms with Crippen molar-refractivity contribution >= 4 is 17.2 Å². The van der Waals surface area contributed by atoms with Gasteiger partial charge in [0.25, 0.3) is 0 Å². The molecule has 0 fully saturated rings. The van der Waals surface area contributed by atoms with E-state index in [0.717, 1.165) is 16.7 Å². The zero-order chi connectivity index (χ0) is 21.3. The maximum Gasteiger partial charge on any atom is 0.416 e. The minimum atomic E-state index is -4.41. The minimum absolute atomic E-state index is 0.107. The predicted octanol–water partition coefficient (Wildman–Crippen LogP) is 2.30. The molecule has 0 spiro atoms.